The zero-order valence-electron chi connectivity index (χ0n) is 7.02. The Morgan fingerprint density at radius 1 is 0.818 bits per heavy atom. The minimum absolute atomic E-state index is 0. The molecule has 0 saturated heterocycles. The van der Waals surface area contributed by atoms with Crippen LogP contribution in [-0.2, 0) is 0 Å². The Balaban J connectivity index is -0.0000000564. The van der Waals surface area contributed by atoms with Crippen molar-refractivity contribution in [3.63, 3.8) is 0 Å². The molecule has 0 aliphatic rings. The molecule has 0 aliphatic heterocycles. The molecule has 0 bridgehead atoms. The van der Waals surface area contributed by atoms with Gasteiger partial charge in [0.15, 0.2) is 0 Å². The number of hydrogen-bond acceptors (Lipinski definition) is 2. The Morgan fingerprint density at radius 2 is 1.00 bits per heavy atom. The van der Waals surface area contributed by atoms with Crippen molar-refractivity contribution in [3.05, 3.63) is 0 Å². The van der Waals surface area contributed by atoms with Gasteiger partial charge in [0.05, 0.1) is 0 Å². The largest absolute Gasteiger partial charge is 0.400 e. The fraction of sp³-hybridized carbons (Fsp3) is 1.00. The summed E-state index contributed by atoms with van der Waals surface area (Å²) in [5.41, 5.74) is 0. The second-order valence-corrected chi connectivity index (χ2v) is 1.62. The van der Waals surface area contributed by atoms with E-state index in [1.807, 2.05) is 0 Å². The standard InChI is InChI=1S/C6H15N.CH4O.2CH4/c1-4-7(5-2)6-3;1-2;;/h4-6H2,1-3H3;2H,1H3;2*1H4. The number of hydrogen-bond donors (Lipinski definition) is 1. The van der Waals surface area contributed by atoms with Gasteiger partial charge in [-0.3, -0.25) is 0 Å². The summed E-state index contributed by atoms with van der Waals surface area (Å²) in [5.74, 6) is 0. The molecule has 0 rings (SSSR count). The maximum Gasteiger partial charge on any atom is 0.0319 e. The van der Waals surface area contributed by atoms with Crippen LogP contribution in [0.15, 0.2) is 0 Å². The molecule has 2 heteroatoms. The molecule has 11 heavy (non-hydrogen) atoms. The van der Waals surface area contributed by atoms with Crippen LogP contribution < -0.4 is 0 Å². The fourth-order valence-electron chi connectivity index (χ4n) is 0.671. The number of aliphatic hydroxyl groups excluding tert-OH is 1. The highest BCUT2D eigenvalue weighted by molar-refractivity contribution is 4.43. The zero-order valence-corrected chi connectivity index (χ0v) is 7.02. The van der Waals surface area contributed by atoms with Crippen molar-refractivity contribution in [3.8, 4) is 0 Å². The van der Waals surface area contributed by atoms with E-state index in [9.17, 15) is 0 Å². The third-order valence-corrected chi connectivity index (χ3v) is 1.34. The van der Waals surface area contributed by atoms with Crippen LogP contribution in [0.1, 0.15) is 35.6 Å². The minimum Gasteiger partial charge on any atom is -0.400 e. The topological polar surface area (TPSA) is 23.5 Å². The van der Waals surface area contributed by atoms with Gasteiger partial charge in [0, 0.05) is 7.11 Å². The Labute approximate surface area is 73.2 Å². The van der Waals surface area contributed by atoms with Gasteiger partial charge in [-0.2, -0.15) is 0 Å². The highest BCUT2D eigenvalue weighted by Crippen LogP contribution is 1.81. The summed E-state index contributed by atoms with van der Waals surface area (Å²) < 4.78 is 0. The van der Waals surface area contributed by atoms with E-state index in [2.05, 4.69) is 25.7 Å². The average molecular weight is 165 g/mol. The van der Waals surface area contributed by atoms with E-state index in [0.29, 0.717) is 0 Å². The summed E-state index contributed by atoms with van der Waals surface area (Å²) in [6.45, 7) is 10.1. The van der Waals surface area contributed by atoms with Crippen molar-refractivity contribution in [2.45, 2.75) is 35.6 Å². The van der Waals surface area contributed by atoms with Crippen molar-refractivity contribution in [1.82, 2.24) is 4.90 Å². The first-order valence-electron chi connectivity index (χ1n) is 3.52. The van der Waals surface area contributed by atoms with Crippen molar-refractivity contribution < 1.29 is 5.11 Å². The molecule has 0 spiro atoms. The minimum atomic E-state index is 0. The summed E-state index contributed by atoms with van der Waals surface area (Å²) in [7, 11) is 1.00. The van der Waals surface area contributed by atoms with Gasteiger partial charge in [0.1, 0.15) is 0 Å². The van der Waals surface area contributed by atoms with E-state index < -0.39 is 0 Å². The lowest BCUT2D eigenvalue weighted by Crippen LogP contribution is -2.21. The maximum absolute atomic E-state index is 7.00. The molecule has 74 valence electrons. The zero-order chi connectivity index (χ0) is 7.70. The van der Waals surface area contributed by atoms with Crippen molar-refractivity contribution >= 4 is 0 Å². The quantitative estimate of drug-likeness (QED) is 0.693. The fourth-order valence-corrected chi connectivity index (χ4v) is 0.671. The molecule has 0 unspecified atom stereocenters. The number of nitrogens with zero attached hydrogens (tertiary/aromatic N) is 1. The van der Waals surface area contributed by atoms with Gasteiger partial charge in [-0.1, -0.05) is 35.6 Å². The molecule has 0 aromatic rings. The molecule has 0 aromatic heterocycles. The van der Waals surface area contributed by atoms with Crippen molar-refractivity contribution in [2.24, 2.45) is 0 Å². The van der Waals surface area contributed by atoms with Gasteiger partial charge >= 0.3 is 0 Å². The van der Waals surface area contributed by atoms with Crippen LogP contribution in [0.5, 0.6) is 0 Å². The number of aliphatic hydroxyl groups is 1. The molecule has 0 radical (unpaired) electrons. The molecule has 0 aliphatic carbocycles. The van der Waals surface area contributed by atoms with E-state index in [1.165, 1.54) is 19.6 Å². The summed E-state index contributed by atoms with van der Waals surface area (Å²) in [4.78, 5) is 2.38. The monoisotopic (exact) mass is 165 g/mol. The molecule has 0 saturated carbocycles. The van der Waals surface area contributed by atoms with E-state index in [-0.39, 0.29) is 14.9 Å². The van der Waals surface area contributed by atoms with Crippen molar-refractivity contribution in [1.29, 1.82) is 0 Å². The lowest BCUT2D eigenvalue weighted by Gasteiger charge is -2.13. The normalized spacial score (nSPS) is 7.09. The van der Waals surface area contributed by atoms with Gasteiger partial charge in [-0.15, -0.1) is 0 Å². The first-order valence-corrected chi connectivity index (χ1v) is 3.52. The highest BCUT2D eigenvalue weighted by Gasteiger charge is 1.89. The van der Waals surface area contributed by atoms with Crippen LogP contribution in [0.25, 0.3) is 0 Å². The molecule has 1 N–H and O–H groups in total. The Kier molecular flexibility index (Phi) is 45.9. The smallest absolute Gasteiger partial charge is 0.0319 e. The third-order valence-electron chi connectivity index (χ3n) is 1.34. The molecule has 0 amide bonds. The van der Waals surface area contributed by atoms with E-state index >= 15 is 0 Å². The van der Waals surface area contributed by atoms with Crippen molar-refractivity contribution in [2.75, 3.05) is 26.7 Å². The molecule has 0 fully saturated rings. The van der Waals surface area contributed by atoms with Gasteiger partial charge in [0.25, 0.3) is 0 Å². The maximum atomic E-state index is 7.00. The second-order valence-electron chi connectivity index (χ2n) is 1.62. The number of rotatable bonds is 3. The van der Waals surface area contributed by atoms with Gasteiger partial charge in [-0.05, 0) is 19.6 Å². The van der Waals surface area contributed by atoms with Crippen LogP contribution in [-0.4, -0.2) is 36.8 Å². The molecule has 0 heterocycles. The van der Waals surface area contributed by atoms with Gasteiger partial charge in [0.2, 0.25) is 0 Å². The average Bonchev–Trinajstić information content (AvgIpc) is 1.96. The molecular formula is C9H27NO. The first-order chi connectivity index (χ1) is 4.35. The lowest BCUT2D eigenvalue weighted by atomic mass is 10.5. The van der Waals surface area contributed by atoms with Gasteiger partial charge in [-0.25, -0.2) is 0 Å². The van der Waals surface area contributed by atoms with Crippen LogP contribution in [0.3, 0.4) is 0 Å². The highest BCUT2D eigenvalue weighted by atomic mass is 16.2. The van der Waals surface area contributed by atoms with Crippen LogP contribution >= 0.6 is 0 Å². The summed E-state index contributed by atoms with van der Waals surface area (Å²) in [6.07, 6.45) is 0. The van der Waals surface area contributed by atoms with Crippen LogP contribution in [0.4, 0.5) is 0 Å². The van der Waals surface area contributed by atoms with E-state index in [4.69, 9.17) is 5.11 Å². The Morgan fingerprint density at radius 3 is 1.00 bits per heavy atom. The predicted octanol–water partition coefficient (Wildman–Crippen LogP) is 2.23. The van der Waals surface area contributed by atoms with Gasteiger partial charge < -0.3 is 10.0 Å². The van der Waals surface area contributed by atoms with E-state index in [0.717, 1.165) is 7.11 Å². The molecule has 0 aromatic carbocycles. The SMILES string of the molecule is C.C.CCN(CC)CC.CO. The molecular weight excluding hydrogens is 138 g/mol. The summed E-state index contributed by atoms with van der Waals surface area (Å²) in [5, 5.41) is 7.00. The second kappa shape index (κ2) is 22.5. The summed E-state index contributed by atoms with van der Waals surface area (Å²) in [6, 6.07) is 0. The molecule has 0 atom stereocenters. The Bertz CT molecular complexity index is 31.0. The third kappa shape index (κ3) is 17.8. The van der Waals surface area contributed by atoms with E-state index in [1.54, 1.807) is 0 Å². The van der Waals surface area contributed by atoms with Crippen LogP contribution in [0.2, 0.25) is 0 Å². The first kappa shape index (κ1) is 22.4. The summed E-state index contributed by atoms with van der Waals surface area (Å²) >= 11 is 0. The predicted molar refractivity (Wildman–Crippen MR) is 55.1 cm³/mol. The lowest BCUT2D eigenvalue weighted by molar-refractivity contribution is 0.321. The Hall–Kier alpha value is -0.0800. The molecule has 2 nitrogen and oxygen atoms in total. The van der Waals surface area contributed by atoms with Crippen LogP contribution in [0, 0.1) is 0 Å².